The minimum Gasteiger partial charge on any atom is -0.511 e. The standard InChI is InChI=1S/C19H22O2.2C2H6/c1-4-5-12(2)15-9-11-19(18(15)21)10-8-14-13(3)6-7-16(20)17(14)19;2*1-2/h4-7,20-21H,1,8-11H2,2-3H3;2*1-2H3/b12-5-;;. The van der Waals surface area contributed by atoms with E-state index in [0.29, 0.717) is 11.5 Å². The maximum atomic E-state index is 10.9. The average molecular weight is 343 g/mol. The summed E-state index contributed by atoms with van der Waals surface area (Å²) in [4.78, 5) is 0. The molecule has 138 valence electrons. The zero-order valence-corrected chi connectivity index (χ0v) is 16.7. The van der Waals surface area contributed by atoms with Crippen LogP contribution in [0.1, 0.15) is 70.6 Å². The molecule has 0 saturated heterocycles. The van der Waals surface area contributed by atoms with E-state index in [1.807, 2.05) is 46.8 Å². The van der Waals surface area contributed by atoms with Crippen molar-refractivity contribution in [2.45, 2.75) is 72.6 Å². The van der Waals surface area contributed by atoms with Crippen LogP contribution in [0.2, 0.25) is 0 Å². The van der Waals surface area contributed by atoms with Gasteiger partial charge in [-0.1, -0.05) is 52.5 Å². The summed E-state index contributed by atoms with van der Waals surface area (Å²) in [6.07, 6.45) is 7.24. The summed E-state index contributed by atoms with van der Waals surface area (Å²) in [6.45, 7) is 15.8. The van der Waals surface area contributed by atoms with E-state index in [4.69, 9.17) is 0 Å². The SMILES string of the molecule is C=C/C=C(/C)C1=C(O)C2(CC1)CCc1c(C)ccc(O)c12.CC.CC. The van der Waals surface area contributed by atoms with E-state index in [2.05, 4.69) is 13.5 Å². The van der Waals surface area contributed by atoms with Crippen LogP contribution in [0.4, 0.5) is 0 Å². The molecule has 1 spiro atoms. The van der Waals surface area contributed by atoms with Gasteiger partial charge in [0.25, 0.3) is 0 Å². The lowest BCUT2D eigenvalue weighted by atomic mass is 9.79. The van der Waals surface area contributed by atoms with Crippen molar-refractivity contribution in [2.75, 3.05) is 0 Å². The summed E-state index contributed by atoms with van der Waals surface area (Å²) < 4.78 is 0. The number of aryl methyl sites for hydroxylation is 1. The molecule has 0 fully saturated rings. The second-order valence-electron chi connectivity index (χ2n) is 6.25. The van der Waals surface area contributed by atoms with Crippen molar-refractivity contribution in [3.8, 4) is 5.75 Å². The molecule has 1 unspecified atom stereocenters. The Morgan fingerprint density at radius 3 is 2.28 bits per heavy atom. The fraction of sp³-hybridized carbons (Fsp3) is 0.478. The highest BCUT2D eigenvalue weighted by atomic mass is 16.3. The Kier molecular flexibility index (Phi) is 7.54. The Morgan fingerprint density at radius 2 is 1.68 bits per heavy atom. The van der Waals surface area contributed by atoms with Crippen LogP contribution in [0.5, 0.6) is 5.75 Å². The lowest BCUT2D eigenvalue weighted by molar-refractivity contribution is 0.292. The number of rotatable bonds is 2. The third-order valence-corrected chi connectivity index (χ3v) is 5.19. The van der Waals surface area contributed by atoms with E-state index in [-0.39, 0.29) is 5.41 Å². The summed E-state index contributed by atoms with van der Waals surface area (Å²) in [7, 11) is 0. The first-order valence-corrected chi connectivity index (χ1v) is 9.55. The van der Waals surface area contributed by atoms with Crippen LogP contribution in [0.25, 0.3) is 0 Å². The fourth-order valence-electron chi connectivity index (χ4n) is 4.07. The van der Waals surface area contributed by atoms with Crippen molar-refractivity contribution < 1.29 is 10.2 Å². The lowest BCUT2D eigenvalue weighted by Gasteiger charge is -2.26. The Labute approximate surface area is 153 Å². The minimum absolute atomic E-state index is 0.325. The van der Waals surface area contributed by atoms with E-state index < -0.39 is 0 Å². The molecule has 0 aromatic heterocycles. The normalized spacial score (nSPS) is 21.3. The molecule has 2 aliphatic rings. The van der Waals surface area contributed by atoms with E-state index >= 15 is 0 Å². The Balaban J connectivity index is 0.000000730. The molecule has 3 rings (SSSR count). The third-order valence-electron chi connectivity index (χ3n) is 5.19. The molecule has 0 saturated carbocycles. The molecule has 2 aliphatic carbocycles. The Hall–Kier alpha value is -1.96. The summed E-state index contributed by atoms with van der Waals surface area (Å²) in [5, 5.41) is 21.3. The van der Waals surface area contributed by atoms with E-state index in [0.717, 1.165) is 42.4 Å². The molecule has 1 atom stereocenters. The first-order valence-electron chi connectivity index (χ1n) is 9.55. The molecule has 25 heavy (non-hydrogen) atoms. The Morgan fingerprint density at radius 1 is 1.08 bits per heavy atom. The van der Waals surface area contributed by atoms with Gasteiger partial charge >= 0.3 is 0 Å². The highest BCUT2D eigenvalue weighted by Gasteiger charge is 2.49. The molecule has 0 heterocycles. The molecule has 0 aliphatic heterocycles. The molecular formula is C23H34O2. The summed E-state index contributed by atoms with van der Waals surface area (Å²) >= 11 is 0. The van der Waals surface area contributed by atoms with Crippen molar-refractivity contribution in [2.24, 2.45) is 0 Å². The number of fused-ring (bicyclic) bond motifs is 2. The van der Waals surface area contributed by atoms with Gasteiger partial charge in [-0.05, 0) is 67.9 Å². The molecule has 2 nitrogen and oxygen atoms in total. The predicted octanol–water partition coefficient (Wildman–Crippen LogP) is 6.68. The number of phenolic OH excluding ortho intramolecular Hbond substituents is 1. The summed E-state index contributed by atoms with van der Waals surface area (Å²) in [5.41, 5.74) is 5.09. The second kappa shape index (κ2) is 8.94. The largest absolute Gasteiger partial charge is 0.511 e. The highest BCUT2D eigenvalue weighted by Crippen LogP contribution is 2.56. The molecule has 2 N–H and O–H groups in total. The van der Waals surface area contributed by atoms with Gasteiger partial charge in [0.2, 0.25) is 0 Å². The number of aliphatic hydroxyl groups is 1. The lowest BCUT2D eigenvalue weighted by Crippen LogP contribution is -2.22. The maximum Gasteiger partial charge on any atom is 0.120 e. The van der Waals surface area contributed by atoms with Crippen molar-refractivity contribution >= 4 is 0 Å². The van der Waals surface area contributed by atoms with Crippen LogP contribution < -0.4 is 0 Å². The first-order chi connectivity index (χ1) is 12.0. The van der Waals surface area contributed by atoms with Crippen molar-refractivity contribution in [1.82, 2.24) is 0 Å². The highest BCUT2D eigenvalue weighted by molar-refractivity contribution is 5.58. The van der Waals surface area contributed by atoms with Gasteiger partial charge in [0.15, 0.2) is 0 Å². The van der Waals surface area contributed by atoms with Crippen molar-refractivity contribution in [3.63, 3.8) is 0 Å². The molecule has 0 bridgehead atoms. The third kappa shape index (κ3) is 3.53. The van der Waals surface area contributed by atoms with Crippen LogP contribution in [0.15, 0.2) is 47.8 Å². The number of benzene rings is 1. The molecule has 2 heteroatoms. The molecule has 1 aromatic carbocycles. The van der Waals surface area contributed by atoms with Crippen LogP contribution in [-0.4, -0.2) is 10.2 Å². The maximum absolute atomic E-state index is 10.9. The van der Waals surface area contributed by atoms with Crippen LogP contribution in [-0.2, 0) is 11.8 Å². The molecular weight excluding hydrogens is 308 g/mol. The predicted molar refractivity (Wildman–Crippen MR) is 108 cm³/mol. The summed E-state index contributed by atoms with van der Waals surface area (Å²) in [6, 6.07) is 3.73. The zero-order valence-electron chi connectivity index (χ0n) is 16.7. The first kappa shape index (κ1) is 21.1. The van der Waals surface area contributed by atoms with Gasteiger partial charge in [0.05, 0.1) is 5.41 Å². The summed E-state index contributed by atoms with van der Waals surface area (Å²) in [5.74, 6) is 0.781. The van der Waals surface area contributed by atoms with E-state index in [1.165, 1.54) is 11.1 Å². The van der Waals surface area contributed by atoms with E-state index in [1.54, 1.807) is 12.1 Å². The zero-order chi connectivity index (χ0) is 19.2. The van der Waals surface area contributed by atoms with Crippen LogP contribution in [0, 0.1) is 6.92 Å². The number of hydrogen-bond donors (Lipinski definition) is 2. The van der Waals surface area contributed by atoms with Crippen molar-refractivity contribution in [1.29, 1.82) is 0 Å². The van der Waals surface area contributed by atoms with Gasteiger partial charge in [0, 0.05) is 5.56 Å². The van der Waals surface area contributed by atoms with Crippen molar-refractivity contribution in [3.05, 3.63) is 64.5 Å². The van der Waals surface area contributed by atoms with Crippen LogP contribution >= 0.6 is 0 Å². The Bertz CT molecular complexity index is 680. The number of phenols is 1. The number of aliphatic hydroxyl groups excluding tert-OH is 1. The molecule has 1 aromatic rings. The van der Waals surface area contributed by atoms with E-state index in [9.17, 15) is 10.2 Å². The minimum atomic E-state index is -0.378. The van der Waals surface area contributed by atoms with Gasteiger partial charge in [-0.2, -0.15) is 0 Å². The fourth-order valence-corrected chi connectivity index (χ4v) is 4.07. The van der Waals surface area contributed by atoms with Gasteiger partial charge in [-0.25, -0.2) is 0 Å². The van der Waals surface area contributed by atoms with Gasteiger partial charge in [-0.15, -0.1) is 0 Å². The molecule has 0 radical (unpaired) electrons. The number of hydrogen-bond acceptors (Lipinski definition) is 2. The monoisotopic (exact) mass is 342 g/mol. The topological polar surface area (TPSA) is 40.5 Å². The van der Waals surface area contributed by atoms with Gasteiger partial charge in [0.1, 0.15) is 11.5 Å². The van der Waals surface area contributed by atoms with Gasteiger partial charge in [-0.3, -0.25) is 0 Å². The van der Waals surface area contributed by atoms with Crippen LogP contribution in [0.3, 0.4) is 0 Å². The molecule has 0 amide bonds. The number of allylic oxidation sites excluding steroid dienone is 5. The number of aromatic hydroxyl groups is 1. The quantitative estimate of drug-likeness (QED) is 0.589. The average Bonchev–Trinajstić information content (AvgIpc) is 3.19. The smallest absolute Gasteiger partial charge is 0.120 e. The van der Waals surface area contributed by atoms with Gasteiger partial charge < -0.3 is 10.2 Å². The second-order valence-corrected chi connectivity index (χ2v) is 6.25.